The molecule has 0 fully saturated rings. The van der Waals surface area contributed by atoms with E-state index >= 15 is 0 Å². The van der Waals surface area contributed by atoms with Crippen molar-refractivity contribution in [3.63, 3.8) is 0 Å². The first-order chi connectivity index (χ1) is 12.6. The third-order valence-electron chi connectivity index (χ3n) is 3.60. The van der Waals surface area contributed by atoms with E-state index < -0.39 is 5.97 Å². The van der Waals surface area contributed by atoms with E-state index in [9.17, 15) is 9.18 Å². The van der Waals surface area contributed by atoms with Crippen molar-refractivity contribution in [2.24, 2.45) is 0 Å². The number of ether oxygens (including phenoxy) is 1. The molecule has 3 aromatic rings. The fourth-order valence-electron chi connectivity index (χ4n) is 2.19. The number of nitriles is 1. The zero-order valence-electron chi connectivity index (χ0n) is 13.7. The maximum Gasteiger partial charge on any atom is 0.306 e. The number of hydrogen-bond donors (Lipinski definition) is 0. The molecule has 0 aliphatic rings. The van der Waals surface area contributed by atoms with Crippen molar-refractivity contribution in [3.8, 4) is 17.5 Å². The molecule has 0 saturated heterocycles. The summed E-state index contributed by atoms with van der Waals surface area (Å²) in [5, 5.41) is 12.6. The van der Waals surface area contributed by atoms with Gasteiger partial charge in [0.05, 0.1) is 18.1 Å². The Morgan fingerprint density at radius 1 is 1.15 bits per heavy atom. The van der Waals surface area contributed by atoms with Gasteiger partial charge in [0.15, 0.2) is 0 Å². The zero-order valence-corrected chi connectivity index (χ0v) is 13.7. The van der Waals surface area contributed by atoms with Gasteiger partial charge in [-0.15, -0.1) is 0 Å². The lowest BCUT2D eigenvalue weighted by Crippen LogP contribution is -2.06. The lowest BCUT2D eigenvalue weighted by Gasteiger charge is -2.04. The molecular weight excluding hydrogens is 337 g/mol. The number of hydrogen-bond acceptors (Lipinski definition) is 6. The molecule has 0 N–H and O–H groups in total. The molecule has 130 valence electrons. The monoisotopic (exact) mass is 351 g/mol. The smallest absolute Gasteiger partial charge is 0.306 e. The first-order valence-corrected chi connectivity index (χ1v) is 7.87. The predicted molar refractivity (Wildman–Crippen MR) is 89.0 cm³/mol. The summed E-state index contributed by atoms with van der Waals surface area (Å²) in [7, 11) is 0. The molecule has 7 heteroatoms. The Kier molecular flexibility index (Phi) is 5.34. The van der Waals surface area contributed by atoms with Crippen LogP contribution >= 0.6 is 0 Å². The molecule has 2 aromatic carbocycles. The minimum Gasteiger partial charge on any atom is -0.461 e. The molecule has 1 aromatic heterocycles. The van der Waals surface area contributed by atoms with Crippen molar-refractivity contribution in [1.29, 1.82) is 5.26 Å². The van der Waals surface area contributed by atoms with Crippen LogP contribution in [0.15, 0.2) is 53.1 Å². The van der Waals surface area contributed by atoms with Gasteiger partial charge in [-0.05, 0) is 42.0 Å². The molecule has 0 bridgehead atoms. The lowest BCUT2D eigenvalue weighted by atomic mass is 10.2. The number of aryl methyl sites for hydroxylation is 1. The molecule has 26 heavy (non-hydrogen) atoms. The number of carbonyl (C=O) groups is 1. The van der Waals surface area contributed by atoms with E-state index in [0.717, 1.165) is 5.56 Å². The molecule has 0 radical (unpaired) electrons. The van der Waals surface area contributed by atoms with Gasteiger partial charge < -0.3 is 9.26 Å². The van der Waals surface area contributed by atoms with Crippen LogP contribution < -0.4 is 0 Å². The SMILES string of the molecule is N#Cc1ccc(COC(=O)CCc2nc(-c3ccc(F)cc3)no2)cc1. The highest BCUT2D eigenvalue weighted by atomic mass is 19.1. The predicted octanol–water partition coefficient (Wildman–Crippen LogP) is 3.42. The molecule has 0 aliphatic carbocycles. The molecule has 1 heterocycles. The van der Waals surface area contributed by atoms with Crippen LogP contribution in [0.1, 0.15) is 23.4 Å². The Balaban J connectivity index is 1.48. The topological polar surface area (TPSA) is 89.0 Å². The summed E-state index contributed by atoms with van der Waals surface area (Å²) in [5.74, 6) is -0.0935. The minimum atomic E-state index is -0.393. The number of carbonyl (C=O) groups excluding carboxylic acids is 1. The number of esters is 1. The third-order valence-corrected chi connectivity index (χ3v) is 3.60. The van der Waals surface area contributed by atoms with Gasteiger partial charge in [-0.1, -0.05) is 17.3 Å². The summed E-state index contributed by atoms with van der Waals surface area (Å²) in [4.78, 5) is 16.0. The van der Waals surface area contributed by atoms with Gasteiger partial charge >= 0.3 is 5.97 Å². The second kappa shape index (κ2) is 8.03. The van der Waals surface area contributed by atoms with Crippen LogP contribution in [0.3, 0.4) is 0 Å². The van der Waals surface area contributed by atoms with Crippen LogP contribution in [0.25, 0.3) is 11.4 Å². The zero-order chi connectivity index (χ0) is 18.4. The van der Waals surface area contributed by atoms with Crippen LogP contribution in [-0.4, -0.2) is 16.1 Å². The van der Waals surface area contributed by atoms with Crippen LogP contribution in [0.2, 0.25) is 0 Å². The highest BCUT2D eigenvalue weighted by molar-refractivity contribution is 5.69. The van der Waals surface area contributed by atoms with Crippen molar-refractivity contribution in [2.75, 3.05) is 0 Å². The van der Waals surface area contributed by atoms with Gasteiger partial charge in [0.2, 0.25) is 11.7 Å². The van der Waals surface area contributed by atoms with Crippen LogP contribution in [0.4, 0.5) is 4.39 Å². The summed E-state index contributed by atoms with van der Waals surface area (Å²) in [6.07, 6.45) is 0.349. The maximum absolute atomic E-state index is 12.9. The Labute approximate surface area is 148 Å². The molecule has 0 spiro atoms. The highest BCUT2D eigenvalue weighted by Crippen LogP contribution is 2.16. The second-order valence-corrected chi connectivity index (χ2v) is 5.49. The third kappa shape index (κ3) is 4.51. The van der Waals surface area contributed by atoms with Gasteiger partial charge in [-0.2, -0.15) is 10.2 Å². The van der Waals surface area contributed by atoms with Crippen molar-refractivity contribution >= 4 is 5.97 Å². The molecule has 0 unspecified atom stereocenters. The first-order valence-electron chi connectivity index (χ1n) is 7.87. The van der Waals surface area contributed by atoms with E-state index in [-0.39, 0.29) is 25.3 Å². The van der Waals surface area contributed by atoms with Crippen LogP contribution in [0, 0.1) is 17.1 Å². The number of benzene rings is 2. The average Bonchev–Trinajstić information content (AvgIpc) is 3.14. The Hall–Kier alpha value is -3.53. The highest BCUT2D eigenvalue weighted by Gasteiger charge is 2.11. The average molecular weight is 351 g/mol. The van der Waals surface area contributed by atoms with Gasteiger partial charge in [-0.25, -0.2) is 4.39 Å². The van der Waals surface area contributed by atoms with E-state index in [1.165, 1.54) is 12.1 Å². The summed E-state index contributed by atoms with van der Waals surface area (Å²) in [6, 6.07) is 14.6. The van der Waals surface area contributed by atoms with Crippen LogP contribution in [0.5, 0.6) is 0 Å². The summed E-state index contributed by atoms with van der Waals surface area (Å²) in [5.41, 5.74) is 1.98. The molecule has 0 atom stereocenters. The molecule has 0 amide bonds. The fraction of sp³-hybridized carbons (Fsp3) is 0.158. The van der Waals surface area contributed by atoms with Crippen molar-refractivity contribution in [2.45, 2.75) is 19.4 Å². The van der Waals surface area contributed by atoms with E-state index in [1.54, 1.807) is 36.4 Å². The maximum atomic E-state index is 12.9. The quantitative estimate of drug-likeness (QED) is 0.632. The molecular formula is C19H14FN3O3. The van der Waals surface area contributed by atoms with E-state index in [0.29, 0.717) is 22.8 Å². The van der Waals surface area contributed by atoms with Crippen molar-refractivity contribution in [3.05, 3.63) is 71.4 Å². The van der Waals surface area contributed by atoms with Gasteiger partial charge in [0.25, 0.3) is 0 Å². The van der Waals surface area contributed by atoms with Crippen LogP contribution in [-0.2, 0) is 22.6 Å². The summed E-state index contributed by atoms with van der Waals surface area (Å²) >= 11 is 0. The molecule has 6 nitrogen and oxygen atoms in total. The number of halogens is 1. The Bertz CT molecular complexity index is 928. The lowest BCUT2D eigenvalue weighted by molar-refractivity contribution is -0.145. The normalized spacial score (nSPS) is 10.3. The largest absolute Gasteiger partial charge is 0.461 e. The second-order valence-electron chi connectivity index (χ2n) is 5.49. The number of nitrogens with zero attached hydrogens (tertiary/aromatic N) is 3. The number of aromatic nitrogens is 2. The molecule has 0 aliphatic heterocycles. The van der Waals surface area contributed by atoms with Gasteiger partial charge in [0, 0.05) is 12.0 Å². The Morgan fingerprint density at radius 3 is 2.58 bits per heavy atom. The minimum absolute atomic E-state index is 0.0985. The van der Waals surface area contributed by atoms with Crippen molar-refractivity contribution < 1.29 is 18.4 Å². The Morgan fingerprint density at radius 2 is 1.88 bits per heavy atom. The summed E-state index contributed by atoms with van der Waals surface area (Å²) < 4.78 is 23.2. The van der Waals surface area contributed by atoms with E-state index in [2.05, 4.69) is 10.1 Å². The van der Waals surface area contributed by atoms with Gasteiger partial charge in [0.1, 0.15) is 12.4 Å². The van der Waals surface area contributed by atoms with Gasteiger partial charge in [-0.3, -0.25) is 4.79 Å². The first kappa shape index (κ1) is 17.3. The van der Waals surface area contributed by atoms with E-state index in [1.807, 2.05) is 6.07 Å². The van der Waals surface area contributed by atoms with E-state index in [4.69, 9.17) is 14.5 Å². The molecule has 0 saturated carbocycles. The summed E-state index contributed by atoms with van der Waals surface area (Å²) in [6.45, 7) is 0.134. The standard InChI is InChI=1S/C19H14FN3O3/c20-16-7-5-15(6-8-16)19-22-17(26-23-19)9-10-18(24)25-12-14-3-1-13(11-21)2-4-14/h1-8H,9-10,12H2. The number of rotatable bonds is 6. The molecule has 3 rings (SSSR count). The van der Waals surface area contributed by atoms with Crippen molar-refractivity contribution in [1.82, 2.24) is 10.1 Å². The fourth-order valence-corrected chi connectivity index (χ4v) is 2.19.